The standard InChI is InChI=1S/C19H24F2N2O5/c1-19(2,3)28-18(25)23-4-5-26-10-15(23)16-14(22-17(24)27-16)8-11-6-12(20)9-13(21)7-11/h6-7,9,14-16H,4-5,8,10H2,1-3H3,(H,22,24). The Balaban J connectivity index is 1.79. The number of carbonyl (C=O) groups is 2. The topological polar surface area (TPSA) is 77.1 Å². The van der Waals surface area contributed by atoms with Gasteiger partial charge in [0.2, 0.25) is 0 Å². The number of nitrogens with one attached hydrogen (secondary N) is 1. The minimum absolute atomic E-state index is 0.143. The molecule has 3 unspecified atom stereocenters. The van der Waals surface area contributed by atoms with Crippen LogP contribution in [0, 0.1) is 11.6 Å². The average Bonchev–Trinajstić information content (AvgIpc) is 2.92. The van der Waals surface area contributed by atoms with E-state index in [-0.39, 0.29) is 19.6 Å². The van der Waals surface area contributed by atoms with Gasteiger partial charge in [-0.25, -0.2) is 18.4 Å². The lowest BCUT2D eigenvalue weighted by molar-refractivity contribution is -0.0647. The van der Waals surface area contributed by atoms with Crippen molar-refractivity contribution in [3.05, 3.63) is 35.4 Å². The molecule has 1 aromatic carbocycles. The second-order valence-electron chi connectivity index (χ2n) is 7.92. The number of nitrogens with zero attached hydrogens (tertiary/aromatic N) is 1. The number of carbonyl (C=O) groups excluding carboxylic acids is 2. The number of hydrogen-bond acceptors (Lipinski definition) is 5. The monoisotopic (exact) mass is 398 g/mol. The Labute approximate surface area is 161 Å². The summed E-state index contributed by atoms with van der Waals surface area (Å²) in [6, 6.07) is 2.03. The van der Waals surface area contributed by atoms with Crippen molar-refractivity contribution in [3.63, 3.8) is 0 Å². The predicted molar refractivity (Wildman–Crippen MR) is 94.8 cm³/mol. The van der Waals surface area contributed by atoms with Gasteiger partial charge in [0.25, 0.3) is 0 Å². The molecule has 2 saturated heterocycles. The van der Waals surface area contributed by atoms with E-state index >= 15 is 0 Å². The molecule has 2 heterocycles. The Hall–Kier alpha value is -2.42. The Kier molecular flexibility index (Phi) is 5.74. The number of rotatable bonds is 3. The maximum atomic E-state index is 13.5. The van der Waals surface area contributed by atoms with E-state index in [9.17, 15) is 18.4 Å². The van der Waals surface area contributed by atoms with Crippen LogP contribution >= 0.6 is 0 Å². The Morgan fingerprint density at radius 3 is 2.61 bits per heavy atom. The number of ether oxygens (including phenoxy) is 3. The van der Waals surface area contributed by atoms with Gasteiger partial charge in [-0.05, 0) is 44.9 Å². The number of cyclic esters (lactones) is 1. The summed E-state index contributed by atoms with van der Waals surface area (Å²) >= 11 is 0. The smallest absolute Gasteiger partial charge is 0.410 e. The first-order valence-electron chi connectivity index (χ1n) is 9.12. The molecule has 0 aromatic heterocycles. The van der Waals surface area contributed by atoms with Crippen molar-refractivity contribution in [2.24, 2.45) is 0 Å². The van der Waals surface area contributed by atoms with Gasteiger partial charge < -0.3 is 19.5 Å². The number of amides is 2. The van der Waals surface area contributed by atoms with Crippen molar-refractivity contribution >= 4 is 12.2 Å². The van der Waals surface area contributed by atoms with E-state index in [1.165, 1.54) is 17.0 Å². The third-order valence-corrected chi connectivity index (χ3v) is 4.49. The molecule has 0 aliphatic carbocycles. The van der Waals surface area contributed by atoms with Crippen LogP contribution in [0.25, 0.3) is 0 Å². The molecule has 7 nitrogen and oxygen atoms in total. The molecule has 3 rings (SSSR count). The van der Waals surface area contributed by atoms with Crippen LogP contribution in [0.1, 0.15) is 26.3 Å². The Bertz CT molecular complexity index is 732. The van der Waals surface area contributed by atoms with Crippen LogP contribution in [0.4, 0.5) is 18.4 Å². The zero-order valence-electron chi connectivity index (χ0n) is 16.0. The normalized spacial score (nSPS) is 25.2. The summed E-state index contributed by atoms with van der Waals surface area (Å²) in [5, 5.41) is 2.66. The molecule has 2 aliphatic rings. The lowest BCUT2D eigenvalue weighted by atomic mass is 9.96. The van der Waals surface area contributed by atoms with E-state index in [2.05, 4.69) is 5.32 Å². The van der Waals surface area contributed by atoms with Crippen LogP contribution in [0.5, 0.6) is 0 Å². The van der Waals surface area contributed by atoms with Crippen molar-refractivity contribution in [1.29, 1.82) is 0 Å². The summed E-state index contributed by atoms with van der Waals surface area (Å²) in [6.07, 6.45) is -1.78. The van der Waals surface area contributed by atoms with Gasteiger partial charge in [0, 0.05) is 12.6 Å². The molecule has 0 spiro atoms. The molecule has 9 heteroatoms. The molecular weight excluding hydrogens is 374 g/mol. The summed E-state index contributed by atoms with van der Waals surface area (Å²) in [7, 11) is 0. The fourth-order valence-electron chi connectivity index (χ4n) is 3.41. The summed E-state index contributed by atoms with van der Waals surface area (Å²) in [4.78, 5) is 26.0. The summed E-state index contributed by atoms with van der Waals surface area (Å²) < 4.78 is 43.3. The number of halogens is 2. The molecule has 0 bridgehead atoms. The minimum Gasteiger partial charge on any atom is -0.444 e. The Morgan fingerprint density at radius 1 is 1.29 bits per heavy atom. The van der Waals surface area contributed by atoms with Crippen molar-refractivity contribution in [3.8, 4) is 0 Å². The van der Waals surface area contributed by atoms with Gasteiger partial charge in [-0.2, -0.15) is 0 Å². The first kappa shape index (κ1) is 20.3. The molecule has 1 aromatic rings. The van der Waals surface area contributed by atoms with Crippen molar-refractivity contribution in [2.75, 3.05) is 19.8 Å². The number of morpholine rings is 1. The van der Waals surface area contributed by atoms with Crippen molar-refractivity contribution in [2.45, 2.75) is 51.0 Å². The van der Waals surface area contributed by atoms with E-state index in [0.717, 1.165) is 6.07 Å². The maximum Gasteiger partial charge on any atom is 0.410 e. The maximum absolute atomic E-state index is 13.5. The largest absolute Gasteiger partial charge is 0.444 e. The van der Waals surface area contributed by atoms with Crippen LogP contribution in [0.3, 0.4) is 0 Å². The highest BCUT2D eigenvalue weighted by atomic mass is 19.1. The molecule has 2 amide bonds. The molecule has 154 valence electrons. The van der Waals surface area contributed by atoms with E-state index in [0.29, 0.717) is 12.2 Å². The third-order valence-electron chi connectivity index (χ3n) is 4.49. The van der Waals surface area contributed by atoms with Gasteiger partial charge in [0.1, 0.15) is 23.3 Å². The first-order valence-corrected chi connectivity index (χ1v) is 9.12. The van der Waals surface area contributed by atoms with Crippen LogP contribution in [0.2, 0.25) is 0 Å². The van der Waals surface area contributed by atoms with Gasteiger partial charge in [-0.1, -0.05) is 0 Å². The fourth-order valence-corrected chi connectivity index (χ4v) is 3.41. The zero-order chi connectivity index (χ0) is 20.5. The Morgan fingerprint density at radius 2 is 1.96 bits per heavy atom. The second kappa shape index (κ2) is 7.90. The van der Waals surface area contributed by atoms with Crippen molar-refractivity contribution < 1.29 is 32.6 Å². The van der Waals surface area contributed by atoms with Crippen LogP contribution in [-0.2, 0) is 20.6 Å². The first-order chi connectivity index (χ1) is 13.1. The molecule has 2 fully saturated rings. The SMILES string of the molecule is CC(C)(C)OC(=O)N1CCOCC1C1OC(=O)NC1Cc1cc(F)cc(F)c1. The van der Waals surface area contributed by atoms with Crippen LogP contribution < -0.4 is 5.32 Å². The lowest BCUT2D eigenvalue weighted by Crippen LogP contribution is -2.58. The van der Waals surface area contributed by atoms with E-state index in [1.54, 1.807) is 20.8 Å². The van der Waals surface area contributed by atoms with Crippen LogP contribution in [0.15, 0.2) is 18.2 Å². The van der Waals surface area contributed by atoms with Gasteiger partial charge in [0.15, 0.2) is 0 Å². The molecule has 2 aliphatic heterocycles. The van der Waals surface area contributed by atoms with E-state index in [1.807, 2.05) is 0 Å². The van der Waals surface area contributed by atoms with E-state index < -0.39 is 47.6 Å². The number of alkyl carbamates (subject to hydrolysis) is 1. The fraction of sp³-hybridized carbons (Fsp3) is 0.579. The van der Waals surface area contributed by atoms with Gasteiger partial charge >= 0.3 is 12.2 Å². The number of hydrogen-bond donors (Lipinski definition) is 1. The van der Waals surface area contributed by atoms with Gasteiger partial charge in [-0.3, -0.25) is 4.90 Å². The molecule has 1 N–H and O–H groups in total. The summed E-state index contributed by atoms with van der Waals surface area (Å²) in [5.74, 6) is -1.40. The molecular formula is C19H24F2N2O5. The minimum atomic E-state index is -0.744. The molecule has 28 heavy (non-hydrogen) atoms. The highest BCUT2D eigenvalue weighted by Crippen LogP contribution is 2.25. The van der Waals surface area contributed by atoms with E-state index in [4.69, 9.17) is 14.2 Å². The predicted octanol–water partition coefficient (Wildman–Crippen LogP) is 2.62. The van der Waals surface area contributed by atoms with Gasteiger partial charge in [-0.15, -0.1) is 0 Å². The summed E-state index contributed by atoms with van der Waals surface area (Å²) in [5.41, 5.74) is -0.304. The molecule has 0 radical (unpaired) electrons. The van der Waals surface area contributed by atoms with Gasteiger partial charge in [0.05, 0.1) is 25.3 Å². The second-order valence-corrected chi connectivity index (χ2v) is 7.92. The van der Waals surface area contributed by atoms with Crippen LogP contribution in [-0.4, -0.2) is 60.6 Å². The molecule has 3 atom stereocenters. The highest BCUT2D eigenvalue weighted by Gasteiger charge is 2.45. The zero-order valence-corrected chi connectivity index (χ0v) is 16.0. The average molecular weight is 398 g/mol. The third kappa shape index (κ3) is 4.89. The quantitative estimate of drug-likeness (QED) is 0.847. The number of benzene rings is 1. The summed E-state index contributed by atoms with van der Waals surface area (Å²) in [6.45, 7) is 6.07. The lowest BCUT2D eigenvalue weighted by Gasteiger charge is -2.39. The van der Waals surface area contributed by atoms with Crippen molar-refractivity contribution in [1.82, 2.24) is 10.2 Å². The molecule has 0 saturated carbocycles. The highest BCUT2D eigenvalue weighted by molar-refractivity contribution is 5.72.